The monoisotopic (exact) mass is 444 g/mol. The molecule has 0 saturated carbocycles. The molecule has 6 heteroatoms. The molecule has 4 rings (SSSR count). The van der Waals surface area contributed by atoms with Gasteiger partial charge in [0.25, 0.3) is 0 Å². The number of nitrogens with zero attached hydrogens (tertiary/aromatic N) is 1. The average molecular weight is 445 g/mol. The van der Waals surface area contributed by atoms with Gasteiger partial charge in [0, 0.05) is 5.56 Å². The van der Waals surface area contributed by atoms with Gasteiger partial charge in [0.05, 0.1) is 45.9 Å². The number of hydrogen-bond acceptors (Lipinski definition) is 6. The number of nitrogens with one attached hydrogen (secondary N) is 1. The molecule has 0 saturated heterocycles. The molecule has 1 aliphatic heterocycles. The number of anilines is 1. The minimum absolute atomic E-state index is 0.0126. The summed E-state index contributed by atoms with van der Waals surface area (Å²) < 4.78 is 21.7. The highest BCUT2D eigenvalue weighted by atomic mass is 16.5. The van der Waals surface area contributed by atoms with E-state index in [1.54, 1.807) is 28.4 Å². The Kier molecular flexibility index (Phi) is 6.86. The standard InChI is InChI=1S/C27H28N2O4/c1-30-24-14-11-19(16-26(24)32-3)10-13-21-18-23(29(28-21)22-8-6-5-7-9-22)20-12-15-25(31-2)27(17-20)33-4/h5-18,21,28H,1-4H3. The SMILES string of the molecule is COc1ccc(C=CC2C=C(c3ccc(OC)c(OC)c3)N(c3ccccc3)N2)cc1OC. The molecular weight excluding hydrogens is 416 g/mol. The van der Waals surface area contributed by atoms with Crippen LogP contribution < -0.4 is 29.4 Å². The largest absolute Gasteiger partial charge is 0.493 e. The van der Waals surface area contributed by atoms with Crippen molar-refractivity contribution in [1.29, 1.82) is 0 Å². The fourth-order valence-corrected chi connectivity index (χ4v) is 3.78. The summed E-state index contributed by atoms with van der Waals surface area (Å²) in [6.07, 6.45) is 6.37. The van der Waals surface area contributed by atoms with E-state index in [9.17, 15) is 0 Å². The second-order valence-electron chi connectivity index (χ2n) is 7.42. The molecule has 1 unspecified atom stereocenters. The quantitative estimate of drug-likeness (QED) is 0.517. The molecule has 3 aromatic rings. The lowest BCUT2D eigenvalue weighted by atomic mass is 10.1. The molecule has 6 nitrogen and oxygen atoms in total. The highest BCUT2D eigenvalue weighted by Gasteiger charge is 2.24. The Bertz CT molecular complexity index is 1160. The zero-order chi connectivity index (χ0) is 23.2. The van der Waals surface area contributed by atoms with E-state index in [-0.39, 0.29) is 6.04 Å². The molecule has 1 atom stereocenters. The number of ether oxygens (including phenoxy) is 4. The first-order valence-electron chi connectivity index (χ1n) is 10.6. The third kappa shape index (κ3) is 4.81. The Morgan fingerprint density at radius 3 is 2.03 bits per heavy atom. The first-order valence-corrected chi connectivity index (χ1v) is 10.6. The Labute approximate surface area is 194 Å². The van der Waals surface area contributed by atoms with Crippen LogP contribution in [0.5, 0.6) is 23.0 Å². The van der Waals surface area contributed by atoms with Crippen molar-refractivity contribution in [3.8, 4) is 23.0 Å². The molecule has 1 aliphatic rings. The van der Waals surface area contributed by atoms with E-state index < -0.39 is 0 Å². The summed E-state index contributed by atoms with van der Waals surface area (Å²) in [6.45, 7) is 0. The molecule has 0 aliphatic carbocycles. The van der Waals surface area contributed by atoms with Crippen LogP contribution in [-0.4, -0.2) is 34.5 Å². The Hall–Kier alpha value is -3.90. The third-order valence-electron chi connectivity index (χ3n) is 5.45. The molecule has 0 fully saturated rings. The molecule has 0 spiro atoms. The number of para-hydroxylation sites is 1. The fraction of sp³-hybridized carbons (Fsp3) is 0.185. The molecule has 0 radical (unpaired) electrons. The summed E-state index contributed by atoms with van der Waals surface area (Å²) in [5, 5.41) is 2.09. The molecule has 0 bridgehead atoms. The molecule has 33 heavy (non-hydrogen) atoms. The zero-order valence-electron chi connectivity index (χ0n) is 19.2. The Morgan fingerprint density at radius 1 is 0.727 bits per heavy atom. The van der Waals surface area contributed by atoms with Gasteiger partial charge >= 0.3 is 0 Å². The van der Waals surface area contributed by atoms with Crippen LogP contribution in [0.1, 0.15) is 11.1 Å². The summed E-state index contributed by atoms with van der Waals surface area (Å²) in [6, 6.07) is 22.0. The van der Waals surface area contributed by atoms with E-state index in [0.29, 0.717) is 23.0 Å². The van der Waals surface area contributed by atoms with Crippen molar-refractivity contribution in [1.82, 2.24) is 5.43 Å². The van der Waals surface area contributed by atoms with Crippen molar-refractivity contribution in [3.05, 3.63) is 90.0 Å². The predicted molar refractivity (Wildman–Crippen MR) is 132 cm³/mol. The first-order chi connectivity index (χ1) is 16.2. The van der Waals surface area contributed by atoms with E-state index in [4.69, 9.17) is 18.9 Å². The predicted octanol–water partition coefficient (Wildman–Crippen LogP) is 5.17. The van der Waals surface area contributed by atoms with Gasteiger partial charge in [-0.2, -0.15) is 0 Å². The minimum atomic E-state index is -0.0126. The minimum Gasteiger partial charge on any atom is -0.493 e. The van der Waals surface area contributed by atoms with Gasteiger partial charge in [-0.15, -0.1) is 0 Å². The van der Waals surface area contributed by atoms with Gasteiger partial charge < -0.3 is 18.9 Å². The van der Waals surface area contributed by atoms with Gasteiger partial charge in [0.15, 0.2) is 23.0 Å². The van der Waals surface area contributed by atoms with Crippen LogP contribution in [0.15, 0.2) is 78.9 Å². The van der Waals surface area contributed by atoms with Crippen LogP contribution >= 0.6 is 0 Å². The Balaban J connectivity index is 1.66. The Morgan fingerprint density at radius 2 is 1.36 bits per heavy atom. The van der Waals surface area contributed by atoms with Crippen molar-refractivity contribution in [2.75, 3.05) is 33.4 Å². The maximum absolute atomic E-state index is 5.52. The summed E-state index contributed by atoms with van der Waals surface area (Å²) in [7, 11) is 6.56. The first kappa shape index (κ1) is 22.3. The highest BCUT2D eigenvalue weighted by molar-refractivity contribution is 5.82. The number of methoxy groups -OCH3 is 4. The van der Waals surface area contributed by atoms with Crippen LogP contribution in [0.25, 0.3) is 11.8 Å². The van der Waals surface area contributed by atoms with E-state index in [1.807, 2.05) is 54.6 Å². The molecule has 3 aromatic carbocycles. The fourth-order valence-electron chi connectivity index (χ4n) is 3.78. The lowest BCUT2D eigenvalue weighted by Gasteiger charge is -2.24. The van der Waals surface area contributed by atoms with Crippen molar-refractivity contribution in [3.63, 3.8) is 0 Å². The zero-order valence-corrected chi connectivity index (χ0v) is 19.2. The smallest absolute Gasteiger partial charge is 0.161 e. The molecule has 0 aromatic heterocycles. The number of benzene rings is 3. The number of rotatable bonds is 8. The lowest BCUT2D eigenvalue weighted by molar-refractivity contribution is 0.355. The van der Waals surface area contributed by atoms with E-state index >= 15 is 0 Å². The topological polar surface area (TPSA) is 52.2 Å². The summed E-state index contributed by atoms with van der Waals surface area (Å²) in [5.41, 5.74) is 7.68. The third-order valence-corrected chi connectivity index (χ3v) is 5.45. The van der Waals surface area contributed by atoms with E-state index in [0.717, 1.165) is 22.5 Å². The number of hydrogen-bond donors (Lipinski definition) is 1. The van der Waals surface area contributed by atoms with Gasteiger partial charge in [0.1, 0.15) is 0 Å². The second-order valence-corrected chi connectivity index (χ2v) is 7.42. The molecular formula is C27H28N2O4. The number of hydrazine groups is 1. The summed E-state index contributed by atoms with van der Waals surface area (Å²) in [5.74, 6) is 2.79. The van der Waals surface area contributed by atoms with Crippen LogP contribution in [0.3, 0.4) is 0 Å². The van der Waals surface area contributed by atoms with Gasteiger partial charge in [-0.3, -0.25) is 5.01 Å². The van der Waals surface area contributed by atoms with Gasteiger partial charge in [-0.25, -0.2) is 5.43 Å². The van der Waals surface area contributed by atoms with Crippen molar-refractivity contribution in [2.24, 2.45) is 0 Å². The summed E-state index contributed by atoms with van der Waals surface area (Å²) in [4.78, 5) is 0. The molecule has 1 heterocycles. The van der Waals surface area contributed by atoms with Crippen LogP contribution in [0, 0.1) is 0 Å². The van der Waals surface area contributed by atoms with E-state index in [1.165, 1.54) is 0 Å². The summed E-state index contributed by atoms with van der Waals surface area (Å²) >= 11 is 0. The average Bonchev–Trinajstić information content (AvgIpc) is 3.31. The van der Waals surface area contributed by atoms with Gasteiger partial charge in [-0.1, -0.05) is 36.4 Å². The van der Waals surface area contributed by atoms with Crippen molar-refractivity contribution >= 4 is 17.5 Å². The van der Waals surface area contributed by atoms with Gasteiger partial charge in [0.2, 0.25) is 0 Å². The lowest BCUT2D eigenvalue weighted by Crippen LogP contribution is -2.35. The van der Waals surface area contributed by atoms with Crippen LogP contribution in [-0.2, 0) is 0 Å². The maximum atomic E-state index is 5.52. The maximum Gasteiger partial charge on any atom is 0.161 e. The second kappa shape index (κ2) is 10.1. The van der Waals surface area contributed by atoms with E-state index in [2.05, 4.69) is 40.8 Å². The van der Waals surface area contributed by atoms with Gasteiger partial charge in [-0.05, 0) is 54.1 Å². The molecule has 1 N–H and O–H groups in total. The van der Waals surface area contributed by atoms with Crippen molar-refractivity contribution < 1.29 is 18.9 Å². The van der Waals surface area contributed by atoms with Crippen molar-refractivity contribution in [2.45, 2.75) is 6.04 Å². The van der Waals surface area contributed by atoms with Crippen LogP contribution in [0.4, 0.5) is 5.69 Å². The van der Waals surface area contributed by atoms with Crippen LogP contribution in [0.2, 0.25) is 0 Å². The normalized spacial score (nSPS) is 15.5. The highest BCUT2D eigenvalue weighted by Crippen LogP contribution is 2.35. The molecule has 0 amide bonds. The molecule has 170 valence electrons.